The number of hydrogen-bond donors (Lipinski definition) is 0. The topological polar surface area (TPSA) is 24.7 Å². The van der Waals surface area contributed by atoms with E-state index in [1.54, 1.807) is 0 Å². The molecule has 104 valence electrons. The van der Waals surface area contributed by atoms with E-state index in [2.05, 4.69) is 36.0 Å². The average molecular weight is 258 g/mol. The van der Waals surface area contributed by atoms with E-state index in [-0.39, 0.29) is 0 Å². The summed E-state index contributed by atoms with van der Waals surface area (Å²) < 4.78 is 0. The summed E-state index contributed by atoms with van der Waals surface area (Å²) in [6, 6.07) is 10.3. The van der Waals surface area contributed by atoms with Gasteiger partial charge in [0.05, 0.1) is 0 Å². The van der Waals surface area contributed by atoms with Crippen LogP contribution in [0.4, 0.5) is 0 Å². The first-order chi connectivity index (χ1) is 9.26. The third kappa shape index (κ3) is 6.90. The van der Waals surface area contributed by atoms with Gasteiger partial charge in [0.15, 0.2) is 0 Å². The molecule has 0 bridgehead atoms. The van der Waals surface area contributed by atoms with E-state index in [1.807, 2.05) is 37.7 Å². The van der Waals surface area contributed by atoms with Crippen molar-refractivity contribution < 1.29 is 0 Å². The van der Waals surface area contributed by atoms with Crippen molar-refractivity contribution in [3.63, 3.8) is 0 Å². The molecule has 2 atom stereocenters. The minimum absolute atomic E-state index is 0.550. The van der Waals surface area contributed by atoms with Crippen molar-refractivity contribution in [2.75, 3.05) is 13.6 Å². The molecule has 0 saturated carbocycles. The number of nitrogens with zero attached hydrogens (tertiary/aromatic N) is 2. The van der Waals surface area contributed by atoms with Gasteiger partial charge in [0.1, 0.15) is 0 Å². The van der Waals surface area contributed by atoms with Crippen LogP contribution >= 0.6 is 0 Å². The Labute approximate surface area is 117 Å². The highest BCUT2D eigenvalue weighted by atomic mass is 14.7. The van der Waals surface area contributed by atoms with Crippen LogP contribution < -0.4 is 0 Å². The average Bonchev–Trinajstić information content (AvgIpc) is 2.40. The fourth-order valence-electron chi connectivity index (χ4n) is 2.38. The van der Waals surface area contributed by atoms with Crippen LogP contribution in [0.15, 0.2) is 40.3 Å². The molecular formula is C17H26N2. The maximum absolute atomic E-state index is 4.60. The molecule has 0 amide bonds. The fraction of sp³-hybridized carbons (Fsp3) is 0.529. The van der Waals surface area contributed by atoms with Gasteiger partial charge in [0, 0.05) is 26.0 Å². The van der Waals surface area contributed by atoms with Gasteiger partial charge in [-0.15, -0.1) is 0 Å². The molecule has 0 spiro atoms. The molecule has 2 heteroatoms. The van der Waals surface area contributed by atoms with Crippen LogP contribution in [0.1, 0.15) is 38.7 Å². The van der Waals surface area contributed by atoms with Gasteiger partial charge < -0.3 is 4.99 Å². The summed E-state index contributed by atoms with van der Waals surface area (Å²) >= 11 is 0. The molecule has 2 unspecified atom stereocenters. The zero-order valence-electron chi connectivity index (χ0n) is 12.4. The summed E-state index contributed by atoms with van der Waals surface area (Å²) in [5, 5.41) is 0. The molecule has 0 N–H and O–H groups in total. The number of rotatable bonds is 8. The van der Waals surface area contributed by atoms with Crippen molar-refractivity contribution in [2.24, 2.45) is 21.8 Å². The quantitative estimate of drug-likeness (QED) is 0.623. The number of hydrogen-bond acceptors (Lipinski definition) is 2. The Morgan fingerprint density at radius 3 is 2.58 bits per heavy atom. The summed E-state index contributed by atoms with van der Waals surface area (Å²) in [6.45, 7) is 5.40. The molecule has 0 aromatic heterocycles. The zero-order chi connectivity index (χ0) is 13.9. The number of benzene rings is 1. The molecule has 1 aromatic rings. The second-order valence-electron chi connectivity index (χ2n) is 5.18. The van der Waals surface area contributed by atoms with Gasteiger partial charge in [-0.3, -0.25) is 4.99 Å². The van der Waals surface area contributed by atoms with E-state index in [1.165, 1.54) is 24.8 Å². The SMILES string of the molecule is CCCC(CN=Cc1ccccc1)CC(C)C=NC. The molecule has 2 nitrogen and oxygen atoms in total. The first kappa shape index (κ1) is 15.6. The molecule has 0 aliphatic heterocycles. The predicted molar refractivity (Wildman–Crippen MR) is 85.5 cm³/mol. The molecule has 0 heterocycles. The first-order valence-electron chi connectivity index (χ1n) is 7.23. The first-order valence-corrected chi connectivity index (χ1v) is 7.23. The maximum Gasteiger partial charge on any atom is 0.0418 e. The highest BCUT2D eigenvalue weighted by molar-refractivity contribution is 5.79. The Bertz CT molecular complexity index is 382. The smallest absolute Gasteiger partial charge is 0.0418 e. The molecule has 0 aliphatic rings. The number of aliphatic imine (C=N–C) groups is 2. The second kappa shape index (κ2) is 9.48. The van der Waals surface area contributed by atoms with E-state index in [9.17, 15) is 0 Å². The standard InChI is InChI=1S/C17H26N2/c1-4-8-17(11-15(2)12-18-3)14-19-13-16-9-6-5-7-10-16/h5-7,9-10,12-13,15,17H,4,8,11,14H2,1-3H3. The van der Waals surface area contributed by atoms with Crippen LogP contribution in [0.3, 0.4) is 0 Å². The lowest BCUT2D eigenvalue weighted by Gasteiger charge is -2.16. The minimum atomic E-state index is 0.550. The fourth-order valence-corrected chi connectivity index (χ4v) is 2.38. The van der Waals surface area contributed by atoms with Crippen LogP contribution in [0.25, 0.3) is 0 Å². The third-order valence-corrected chi connectivity index (χ3v) is 3.21. The van der Waals surface area contributed by atoms with E-state index < -0.39 is 0 Å². The van der Waals surface area contributed by atoms with Gasteiger partial charge in [0.2, 0.25) is 0 Å². The Hall–Kier alpha value is -1.44. The summed E-state index contributed by atoms with van der Waals surface area (Å²) in [6.07, 6.45) is 7.68. The van der Waals surface area contributed by atoms with Crippen LogP contribution in [-0.4, -0.2) is 26.0 Å². The molecule has 19 heavy (non-hydrogen) atoms. The molecule has 0 fully saturated rings. The zero-order valence-corrected chi connectivity index (χ0v) is 12.4. The Morgan fingerprint density at radius 1 is 1.21 bits per heavy atom. The third-order valence-electron chi connectivity index (χ3n) is 3.21. The van der Waals surface area contributed by atoms with Gasteiger partial charge in [-0.05, 0) is 30.2 Å². The highest BCUT2D eigenvalue weighted by Crippen LogP contribution is 2.17. The van der Waals surface area contributed by atoms with Crippen molar-refractivity contribution in [2.45, 2.75) is 33.1 Å². The van der Waals surface area contributed by atoms with E-state index in [0.717, 1.165) is 6.54 Å². The van der Waals surface area contributed by atoms with Gasteiger partial charge in [-0.1, -0.05) is 50.6 Å². The summed E-state index contributed by atoms with van der Waals surface area (Å²) in [4.78, 5) is 8.72. The van der Waals surface area contributed by atoms with E-state index >= 15 is 0 Å². The lowest BCUT2D eigenvalue weighted by atomic mass is 9.93. The Kier molecular flexibility index (Phi) is 7.80. The van der Waals surface area contributed by atoms with Gasteiger partial charge in [-0.2, -0.15) is 0 Å². The maximum atomic E-state index is 4.60. The van der Waals surface area contributed by atoms with Crippen LogP contribution in [0.5, 0.6) is 0 Å². The van der Waals surface area contributed by atoms with Crippen molar-refractivity contribution in [1.29, 1.82) is 0 Å². The minimum Gasteiger partial charge on any atom is -0.301 e. The molecule has 0 radical (unpaired) electrons. The largest absolute Gasteiger partial charge is 0.301 e. The van der Waals surface area contributed by atoms with Crippen molar-refractivity contribution >= 4 is 12.4 Å². The summed E-state index contributed by atoms with van der Waals surface area (Å²) in [7, 11) is 1.85. The van der Waals surface area contributed by atoms with Crippen molar-refractivity contribution in [3.05, 3.63) is 35.9 Å². The van der Waals surface area contributed by atoms with Crippen molar-refractivity contribution in [1.82, 2.24) is 0 Å². The van der Waals surface area contributed by atoms with Gasteiger partial charge >= 0.3 is 0 Å². The lowest BCUT2D eigenvalue weighted by molar-refractivity contribution is 0.425. The van der Waals surface area contributed by atoms with Gasteiger partial charge in [0.25, 0.3) is 0 Å². The molecule has 0 saturated heterocycles. The molecular weight excluding hydrogens is 232 g/mol. The van der Waals surface area contributed by atoms with Crippen LogP contribution in [0.2, 0.25) is 0 Å². The highest BCUT2D eigenvalue weighted by Gasteiger charge is 2.10. The normalized spacial score (nSPS) is 15.1. The van der Waals surface area contributed by atoms with E-state index in [4.69, 9.17) is 0 Å². The Morgan fingerprint density at radius 2 is 1.95 bits per heavy atom. The molecule has 1 rings (SSSR count). The summed E-state index contributed by atoms with van der Waals surface area (Å²) in [5.74, 6) is 1.21. The van der Waals surface area contributed by atoms with Crippen LogP contribution in [-0.2, 0) is 0 Å². The van der Waals surface area contributed by atoms with E-state index in [0.29, 0.717) is 11.8 Å². The Balaban J connectivity index is 2.47. The predicted octanol–water partition coefficient (Wildman–Crippen LogP) is 4.25. The molecule has 0 aliphatic carbocycles. The van der Waals surface area contributed by atoms with Gasteiger partial charge in [-0.25, -0.2) is 0 Å². The van der Waals surface area contributed by atoms with Crippen molar-refractivity contribution in [3.8, 4) is 0 Å². The van der Waals surface area contributed by atoms with Crippen LogP contribution in [0, 0.1) is 11.8 Å². The molecule has 1 aromatic carbocycles. The lowest BCUT2D eigenvalue weighted by Crippen LogP contribution is -2.11. The summed E-state index contributed by atoms with van der Waals surface area (Å²) in [5.41, 5.74) is 1.18. The second-order valence-corrected chi connectivity index (χ2v) is 5.18. The monoisotopic (exact) mass is 258 g/mol.